The van der Waals surface area contributed by atoms with Gasteiger partial charge in [0.1, 0.15) is 0 Å². The van der Waals surface area contributed by atoms with Crippen LogP contribution in [0.3, 0.4) is 0 Å². The van der Waals surface area contributed by atoms with Crippen LogP contribution in [0.5, 0.6) is 0 Å². The van der Waals surface area contributed by atoms with Gasteiger partial charge in [0.2, 0.25) is 0 Å². The summed E-state index contributed by atoms with van der Waals surface area (Å²) in [6, 6.07) is 30.1. The minimum Gasteiger partial charge on any atom is -0.382 e. The van der Waals surface area contributed by atoms with Gasteiger partial charge >= 0.3 is 0 Å². The predicted octanol–water partition coefficient (Wildman–Crippen LogP) is 6.81. The quantitative estimate of drug-likeness (QED) is 0.0836. The second kappa shape index (κ2) is 11.4. The maximum Gasteiger partial charge on any atom is 0.251 e. The van der Waals surface area contributed by atoms with Gasteiger partial charge in [-0.1, -0.05) is 76.6 Å². The molecule has 4 aromatic carbocycles. The summed E-state index contributed by atoms with van der Waals surface area (Å²) in [6.07, 6.45) is 0. The number of hydrogen-bond donors (Lipinski definition) is 3. The molecule has 5 rings (SSSR count). The molecule has 0 aliphatic rings. The zero-order valence-electron chi connectivity index (χ0n) is 22.8. The Hall–Kier alpha value is -4.36. The van der Waals surface area contributed by atoms with Crippen LogP contribution in [0.4, 0.5) is 0 Å². The summed E-state index contributed by atoms with van der Waals surface area (Å²) >= 11 is 3.51. The van der Waals surface area contributed by atoms with E-state index in [2.05, 4.69) is 69.0 Å². The third-order valence-corrected chi connectivity index (χ3v) is 8.04. The van der Waals surface area contributed by atoms with E-state index in [0.29, 0.717) is 11.4 Å². The molecule has 1 heterocycles. The van der Waals surface area contributed by atoms with Gasteiger partial charge in [0.25, 0.3) is 5.91 Å². The van der Waals surface area contributed by atoms with Gasteiger partial charge < -0.3 is 21.5 Å². The molecule has 1 amide bonds. The third-order valence-electron chi connectivity index (χ3n) is 7.55. The highest BCUT2D eigenvalue weighted by Gasteiger charge is 2.17. The number of carbonyl (C=O) groups is 1. The van der Waals surface area contributed by atoms with Gasteiger partial charge in [-0.25, -0.2) is 0 Å². The van der Waals surface area contributed by atoms with Gasteiger partial charge in [-0.2, -0.15) is 5.10 Å². The fourth-order valence-corrected chi connectivity index (χ4v) is 5.55. The van der Waals surface area contributed by atoms with Crippen molar-refractivity contribution < 1.29 is 4.79 Å². The number of hydrogen-bond acceptors (Lipinski definition) is 3. The van der Waals surface area contributed by atoms with Crippen molar-refractivity contribution in [3.63, 3.8) is 0 Å². The number of fused-ring (bicyclic) bond motifs is 1. The number of nitrogens with zero attached hydrogens (tertiary/aromatic N) is 2. The van der Waals surface area contributed by atoms with Crippen molar-refractivity contribution in [2.24, 2.45) is 16.7 Å². The maximum absolute atomic E-state index is 13.1. The summed E-state index contributed by atoms with van der Waals surface area (Å²) in [5.41, 5.74) is 15.2. The van der Waals surface area contributed by atoms with Crippen LogP contribution >= 0.6 is 15.9 Å². The molecule has 0 saturated carbocycles. The van der Waals surface area contributed by atoms with E-state index in [0.717, 1.165) is 44.2 Å². The van der Waals surface area contributed by atoms with E-state index in [4.69, 9.17) is 11.6 Å². The molecule has 5 aromatic rings. The van der Waals surface area contributed by atoms with Crippen molar-refractivity contribution in [3.05, 3.63) is 129 Å². The second-order valence-corrected chi connectivity index (χ2v) is 11.0. The summed E-state index contributed by atoms with van der Waals surface area (Å²) in [6.45, 7) is 6.96. The van der Waals surface area contributed by atoms with Crippen LogP contribution in [0.1, 0.15) is 51.3 Å². The van der Waals surface area contributed by atoms with E-state index >= 15 is 0 Å². The number of carbonyl (C=O) groups excluding carboxylic acids is 1. The average molecular weight is 595 g/mol. The Kier molecular flexibility index (Phi) is 7.76. The SMILES string of the molecule is Cc1c(C)n(Cc2ccc(-c3ccccc3/C(N)=N/N)cc2)c2ccc(C(=O)NC(C)c3cccc(Br)c3)cc12. The van der Waals surface area contributed by atoms with E-state index in [1.54, 1.807) is 0 Å². The smallest absolute Gasteiger partial charge is 0.251 e. The van der Waals surface area contributed by atoms with Crippen LogP contribution in [0.2, 0.25) is 0 Å². The lowest BCUT2D eigenvalue weighted by atomic mass is 9.98. The molecular weight excluding hydrogens is 562 g/mol. The Morgan fingerprint density at radius 2 is 1.73 bits per heavy atom. The zero-order chi connectivity index (χ0) is 28.4. The standard InChI is InChI=1S/C33H32BrN5O/c1-20-22(3)39(19-23-11-13-24(14-12-23)28-9-4-5-10-29(28)32(35)38-36)31-16-15-26(18-30(20)31)33(40)37-21(2)25-7-6-8-27(34)17-25/h4-18,21H,19,36H2,1-3H3,(H2,35,38)(H,37,40). The van der Waals surface area contributed by atoms with Crippen LogP contribution in [0.25, 0.3) is 22.0 Å². The highest BCUT2D eigenvalue weighted by molar-refractivity contribution is 9.10. The van der Waals surface area contributed by atoms with Crippen molar-refractivity contribution >= 4 is 38.6 Å². The van der Waals surface area contributed by atoms with Gasteiger partial charge in [-0.15, -0.1) is 0 Å². The number of nitrogens with one attached hydrogen (secondary N) is 1. The number of nitrogens with two attached hydrogens (primary N) is 2. The summed E-state index contributed by atoms with van der Waals surface area (Å²) in [4.78, 5) is 13.1. The average Bonchev–Trinajstić information content (AvgIpc) is 3.21. The van der Waals surface area contributed by atoms with E-state index in [-0.39, 0.29) is 11.9 Å². The molecule has 0 bridgehead atoms. The number of rotatable bonds is 7. The number of benzene rings is 4. The van der Waals surface area contributed by atoms with Gasteiger partial charge in [-0.05, 0) is 78.9 Å². The van der Waals surface area contributed by atoms with Crippen LogP contribution < -0.4 is 16.9 Å². The van der Waals surface area contributed by atoms with E-state index < -0.39 is 0 Å². The minimum atomic E-state index is -0.109. The molecule has 0 aliphatic heterocycles. The molecular formula is C33H32BrN5O. The minimum absolute atomic E-state index is 0.0876. The first-order valence-corrected chi connectivity index (χ1v) is 13.9. The molecule has 0 radical (unpaired) electrons. The maximum atomic E-state index is 13.1. The molecule has 1 unspecified atom stereocenters. The molecule has 7 heteroatoms. The Labute approximate surface area is 242 Å². The van der Waals surface area contributed by atoms with Crippen molar-refractivity contribution in [2.45, 2.75) is 33.4 Å². The largest absolute Gasteiger partial charge is 0.382 e. The Balaban J connectivity index is 1.39. The monoisotopic (exact) mass is 593 g/mol. The predicted molar refractivity (Wildman–Crippen MR) is 167 cm³/mol. The molecule has 0 aliphatic carbocycles. The number of halogens is 1. The molecule has 40 heavy (non-hydrogen) atoms. The van der Waals surface area contributed by atoms with Crippen LogP contribution in [0, 0.1) is 13.8 Å². The number of aromatic nitrogens is 1. The molecule has 0 saturated heterocycles. The van der Waals surface area contributed by atoms with Gasteiger partial charge in [0.05, 0.1) is 6.04 Å². The lowest BCUT2D eigenvalue weighted by molar-refractivity contribution is 0.0940. The topological polar surface area (TPSA) is 98.4 Å². The summed E-state index contributed by atoms with van der Waals surface area (Å²) < 4.78 is 3.29. The first-order valence-electron chi connectivity index (χ1n) is 13.1. The fraction of sp³-hybridized carbons (Fsp3) is 0.152. The number of amidine groups is 1. The second-order valence-electron chi connectivity index (χ2n) is 10.0. The molecule has 0 spiro atoms. The highest BCUT2D eigenvalue weighted by Crippen LogP contribution is 2.29. The van der Waals surface area contributed by atoms with Crippen molar-refractivity contribution in [3.8, 4) is 11.1 Å². The molecule has 1 aromatic heterocycles. The van der Waals surface area contributed by atoms with Crippen molar-refractivity contribution in [1.82, 2.24) is 9.88 Å². The van der Waals surface area contributed by atoms with Gasteiger partial charge in [-0.3, -0.25) is 4.79 Å². The van der Waals surface area contributed by atoms with Gasteiger partial charge in [0, 0.05) is 38.7 Å². The fourth-order valence-electron chi connectivity index (χ4n) is 5.13. The van der Waals surface area contributed by atoms with E-state index in [1.807, 2.05) is 73.7 Å². The molecule has 5 N–H and O–H groups in total. The van der Waals surface area contributed by atoms with Gasteiger partial charge in [0.15, 0.2) is 5.84 Å². The third kappa shape index (κ3) is 5.38. The molecule has 202 valence electrons. The van der Waals surface area contributed by atoms with Crippen LogP contribution in [-0.2, 0) is 6.54 Å². The Morgan fingerprint density at radius 3 is 2.45 bits per heavy atom. The summed E-state index contributed by atoms with van der Waals surface area (Å²) in [5, 5.41) is 7.89. The first kappa shape index (κ1) is 27.2. The normalized spacial score (nSPS) is 12.4. The van der Waals surface area contributed by atoms with Crippen molar-refractivity contribution in [1.29, 1.82) is 0 Å². The zero-order valence-corrected chi connectivity index (χ0v) is 24.4. The molecule has 0 fully saturated rings. The summed E-state index contributed by atoms with van der Waals surface area (Å²) in [7, 11) is 0. The molecule has 1 atom stereocenters. The number of amides is 1. The Bertz CT molecular complexity index is 1740. The van der Waals surface area contributed by atoms with Crippen LogP contribution in [0.15, 0.2) is 101 Å². The summed E-state index contributed by atoms with van der Waals surface area (Å²) in [5.74, 6) is 5.65. The lowest BCUT2D eigenvalue weighted by Crippen LogP contribution is -2.26. The van der Waals surface area contributed by atoms with E-state index in [1.165, 1.54) is 16.8 Å². The molecule has 6 nitrogen and oxygen atoms in total. The Morgan fingerprint density at radius 1 is 0.975 bits per heavy atom. The highest BCUT2D eigenvalue weighted by atomic mass is 79.9. The number of aryl methyl sites for hydroxylation is 1. The number of hydrazone groups is 1. The van der Waals surface area contributed by atoms with Crippen LogP contribution in [-0.4, -0.2) is 16.3 Å². The van der Waals surface area contributed by atoms with E-state index in [9.17, 15) is 4.79 Å². The first-order chi connectivity index (χ1) is 19.3. The van der Waals surface area contributed by atoms with Crippen molar-refractivity contribution in [2.75, 3.05) is 0 Å². The lowest BCUT2D eigenvalue weighted by Gasteiger charge is -2.15.